The van der Waals surface area contributed by atoms with Gasteiger partial charge in [-0.25, -0.2) is 0 Å². The Morgan fingerprint density at radius 3 is 2.44 bits per heavy atom. The summed E-state index contributed by atoms with van der Waals surface area (Å²) in [5.41, 5.74) is 0.470. The molecule has 0 spiro atoms. The molecule has 1 aliphatic carbocycles. The Bertz CT molecular complexity index is 92.2. The molecule has 1 rings (SSSR count). The van der Waals surface area contributed by atoms with Gasteiger partial charge in [0.05, 0.1) is 0 Å². The van der Waals surface area contributed by atoms with Crippen molar-refractivity contribution in [2.75, 3.05) is 0 Å². The van der Waals surface area contributed by atoms with E-state index in [0.717, 1.165) is 5.92 Å². The fourth-order valence-electron chi connectivity index (χ4n) is 1.62. The normalized spacial score (nSPS) is 34.3. The fraction of sp³-hybridized carbons (Fsp3) is 0.778. The predicted octanol–water partition coefficient (Wildman–Crippen LogP) is 2.85. The molecule has 0 aromatic heterocycles. The van der Waals surface area contributed by atoms with Gasteiger partial charge in [0.2, 0.25) is 0 Å². The van der Waals surface area contributed by atoms with Crippen LogP contribution in [0.25, 0.3) is 0 Å². The van der Waals surface area contributed by atoms with Gasteiger partial charge in [-0.2, -0.15) is 0 Å². The maximum Gasteiger partial charge on any atom is -0.0301 e. The van der Waals surface area contributed by atoms with Gasteiger partial charge in [0, 0.05) is 0 Å². The van der Waals surface area contributed by atoms with Crippen molar-refractivity contribution in [1.82, 2.24) is 0 Å². The molecule has 0 bridgehead atoms. The first kappa shape index (κ1) is 7.11. The lowest BCUT2D eigenvalue weighted by molar-refractivity contribution is 0.331. The van der Waals surface area contributed by atoms with Crippen LogP contribution < -0.4 is 0 Å². The predicted molar refractivity (Wildman–Crippen MR) is 40.8 cm³/mol. The van der Waals surface area contributed by atoms with E-state index >= 15 is 0 Å². The van der Waals surface area contributed by atoms with E-state index in [2.05, 4.69) is 33.6 Å². The lowest BCUT2D eigenvalue weighted by atomic mass is 9.73. The van der Waals surface area contributed by atoms with Gasteiger partial charge in [-0.05, 0) is 37.0 Å². The summed E-state index contributed by atoms with van der Waals surface area (Å²) in [5.74, 6) is 0.800. The van der Waals surface area contributed by atoms with E-state index in [9.17, 15) is 0 Å². The molecule has 1 unspecified atom stereocenters. The Balaban J connectivity index is 2.41. The van der Waals surface area contributed by atoms with Crippen LogP contribution in [0.1, 0.15) is 33.6 Å². The van der Waals surface area contributed by atoms with Crippen molar-refractivity contribution < 1.29 is 0 Å². The van der Waals surface area contributed by atoms with E-state index in [-0.39, 0.29) is 0 Å². The average molecular weight is 124 g/mol. The molecule has 0 aliphatic heterocycles. The van der Waals surface area contributed by atoms with Crippen LogP contribution in [0.3, 0.4) is 0 Å². The molecular weight excluding hydrogens is 108 g/mol. The molecular formula is C9H16. The standard InChI is InChI=1S/C9H16/c1-8-5-4-6-9(2,3)7-8/h4,7-8H,5-6H2,1-3H3. The molecule has 1 saturated carbocycles. The zero-order valence-corrected chi connectivity index (χ0v) is 6.65. The van der Waals surface area contributed by atoms with E-state index in [1.165, 1.54) is 12.8 Å². The maximum atomic E-state index is 2.47. The first-order chi connectivity index (χ1) is 4.10. The van der Waals surface area contributed by atoms with Crippen molar-refractivity contribution in [1.29, 1.82) is 0 Å². The van der Waals surface area contributed by atoms with Crippen LogP contribution in [0.2, 0.25) is 0 Å². The molecule has 0 N–H and O–H groups in total. The lowest BCUT2D eigenvalue weighted by Gasteiger charge is -2.32. The molecule has 0 amide bonds. The first-order valence-electron chi connectivity index (χ1n) is 3.78. The smallest absolute Gasteiger partial charge is 0.0301 e. The SMILES string of the molecule is CC1[CH]C(C)(C)C[CH]C1. The third-order valence-corrected chi connectivity index (χ3v) is 1.94. The van der Waals surface area contributed by atoms with Crippen LogP contribution in [0.5, 0.6) is 0 Å². The molecule has 0 nitrogen and oxygen atoms in total. The molecule has 9 heavy (non-hydrogen) atoms. The average Bonchev–Trinajstić information content (AvgIpc) is 1.60. The zero-order chi connectivity index (χ0) is 6.91. The van der Waals surface area contributed by atoms with Crippen molar-refractivity contribution in [3.63, 3.8) is 0 Å². The van der Waals surface area contributed by atoms with Crippen LogP contribution >= 0.6 is 0 Å². The Hall–Kier alpha value is 0. The second-order valence-electron chi connectivity index (χ2n) is 3.86. The highest BCUT2D eigenvalue weighted by molar-refractivity contribution is 4.98. The van der Waals surface area contributed by atoms with Gasteiger partial charge < -0.3 is 0 Å². The third kappa shape index (κ3) is 2.00. The minimum absolute atomic E-state index is 0.470. The van der Waals surface area contributed by atoms with Gasteiger partial charge in [-0.1, -0.05) is 20.8 Å². The number of hydrogen-bond donors (Lipinski definition) is 0. The van der Waals surface area contributed by atoms with Gasteiger partial charge in [0.25, 0.3) is 0 Å². The summed E-state index contributed by atoms with van der Waals surface area (Å²) in [6, 6.07) is 0. The molecule has 0 heteroatoms. The molecule has 0 saturated heterocycles. The van der Waals surface area contributed by atoms with E-state index in [1.807, 2.05) is 0 Å². The minimum Gasteiger partial charge on any atom is -0.0622 e. The molecule has 0 aromatic carbocycles. The highest BCUT2D eigenvalue weighted by Gasteiger charge is 2.25. The Morgan fingerprint density at radius 2 is 2.11 bits per heavy atom. The summed E-state index contributed by atoms with van der Waals surface area (Å²) in [7, 11) is 0. The van der Waals surface area contributed by atoms with Crippen molar-refractivity contribution in [2.24, 2.45) is 11.3 Å². The Labute approximate surface area is 58.7 Å². The fourth-order valence-corrected chi connectivity index (χ4v) is 1.62. The highest BCUT2D eigenvalue weighted by Crippen LogP contribution is 2.36. The monoisotopic (exact) mass is 124 g/mol. The van der Waals surface area contributed by atoms with Crippen LogP contribution in [-0.4, -0.2) is 0 Å². The van der Waals surface area contributed by atoms with Crippen LogP contribution in [0.4, 0.5) is 0 Å². The van der Waals surface area contributed by atoms with Crippen LogP contribution in [0.15, 0.2) is 0 Å². The van der Waals surface area contributed by atoms with Crippen molar-refractivity contribution in [3.05, 3.63) is 12.8 Å². The van der Waals surface area contributed by atoms with E-state index in [0.29, 0.717) is 5.41 Å². The molecule has 1 fully saturated rings. The van der Waals surface area contributed by atoms with Crippen molar-refractivity contribution in [2.45, 2.75) is 33.6 Å². The van der Waals surface area contributed by atoms with E-state index in [4.69, 9.17) is 0 Å². The van der Waals surface area contributed by atoms with E-state index in [1.54, 1.807) is 0 Å². The largest absolute Gasteiger partial charge is 0.0622 e. The molecule has 52 valence electrons. The second kappa shape index (κ2) is 2.32. The summed E-state index contributed by atoms with van der Waals surface area (Å²) in [6.45, 7) is 6.90. The van der Waals surface area contributed by atoms with Gasteiger partial charge in [-0.15, -0.1) is 0 Å². The van der Waals surface area contributed by atoms with Gasteiger partial charge in [-0.3, -0.25) is 0 Å². The highest BCUT2D eigenvalue weighted by atomic mass is 14.3. The number of rotatable bonds is 0. The molecule has 1 aliphatic rings. The number of hydrogen-bond acceptors (Lipinski definition) is 0. The van der Waals surface area contributed by atoms with Gasteiger partial charge >= 0.3 is 0 Å². The third-order valence-electron chi connectivity index (χ3n) is 1.94. The summed E-state index contributed by atoms with van der Waals surface area (Å²) in [6.07, 6.45) is 7.42. The summed E-state index contributed by atoms with van der Waals surface area (Å²) in [4.78, 5) is 0. The topological polar surface area (TPSA) is 0 Å². The lowest BCUT2D eigenvalue weighted by Crippen LogP contribution is -2.21. The Kier molecular flexibility index (Phi) is 1.83. The molecule has 1 atom stereocenters. The van der Waals surface area contributed by atoms with Crippen LogP contribution in [-0.2, 0) is 0 Å². The summed E-state index contributed by atoms with van der Waals surface area (Å²) < 4.78 is 0. The first-order valence-corrected chi connectivity index (χ1v) is 3.78. The second-order valence-corrected chi connectivity index (χ2v) is 3.86. The van der Waals surface area contributed by atoms with E-state index < -0.39 is 0 Å². The zero-order valence-electron chi connectivity index (χ0n) is 6.65. The summed E-state index contributed by atoms with van der Waals surface area (Å²) >= 11 is 0. The van der Waals surface area contributed by atoms with Crippen LogP contribution in [0, 0.1) is 24.2 Å². The van der Waals surface area contributed by atoms with Crippen molar-refractivity contribution >= 4 is 0 Å². The Morgan fingerprint density at radius 1 is 1.44 bits per heavy atom. The van der Waals surface area contributed by atoms with Gasteiger partial charge in [0.1, 0.15) is 0 Å². The molecule has 0 heterocycles. The maximum absolute atomic E-state index is 2.47. The minimum atomic E-state index is 0.470. The van der Waals surface area contributed by atoms with Gasteiger partial charge in [0.15, 0.2) is 0 Å². The van der Waals surface area contributed by atoms with Crippen molar-refractivity contribution in [3.8, 4) is 0 Å². The quantitative estimate of drug-likeness (QED) is 0.466. The molecule has 2 radical (unpaired) electrons. The summed E-state index contributed by atoms with van der Waals surface area (Å²) in [5, 5.41) is 0. The molecule has 0 aromatic rings.